The number of nitrogens with one attached hydrogen (secondary N) is 1. The molecule has 0 saturated heterocycles. The lowest BCUT2D eigenvalue weighted by Crippen LogP contribution is -2.53. The Bertz CT molecular complexity index is 1430. The summed E-state index contributed by atoms with van der Waals surface area (Å²) in [5, 5.41) is 14.0. The van der Waals surface area contributed by atoms with E-state index in [1.165, 1.54) is 36.4 Å². The third-order valence-corrected chi connectivity index (χ3v) is 7.07. The molecule has 3 aromatic carbocycles. The number of non-ortho nitro benzene ring substituents is 1. The van der Waals surface area contributed by atoms with E-state index in [1.807, 2.05) is 0 Å². The van der Waals surface area contributed by atoms with Crippen molar-refractivity contribution in [2.45, 2.75) is 25.9 Å². The Morgan fingerprint density at radius 3 is 2.31 bits per heavy atom. The molecule has 0 aliphatic heterocycles. The lowest BCUT2D eigenvalue weighted by molar-refractivity contribution is -0.384. The van der Waals surface area contributed by atoms with Gasteiger partial charge in [-0.15, -0.1) is 0 Å². The van der Waals surface area contributed by atoms with Crippen LogP contribution in [0.4, 0.5) is 15.8 Å². The summed E-state index contributed by atoms with van der Waals surface area (Å²) in [4.78, 5) is 38.8. The number of rotatable bonds is 12. The summed E-state index contributed by atoms with van der Waals surface area (Å²) >= 11 is 0. The van der Waals surface area contributed by atoms with Crippen LogP contribution in [0.5, 0.6) is 0 Å². The zero-order valence-corrected chi connectivity index (χ0v) is 22.3. The fraction of sp³-hybridized carbons (Fsp3) is 0.259. The van der Waals surface area contributed by atoms with Crippen molar-refractivity contribution in [1.29, 1.82) is 0 Å². The Labute approximate surface area is 226 Å². The second-order valence-electron chi connectivity index (χ2n) is 8.76. The van der Waals surface area contributed by atoms with Gasteiger partial charge in [0.2, 0.25) is 21.8 Å². The van der Waals surface area contributed by atoms with Crippen molar-refractivity contribution >= 4 is 33.2 Å². The zero-order chi connectivity index (χ0) is 28.6. The smallest absolute Gasteiger partial charge is 0.271 e. The van der Waals surface area contributed by atoms with Crippen LogP contribution in [0.2, 0.25) is 0 Å². The molecule has 0 aromatic heterocycles. The van der Waals surface area contributed by atoms with Crippen LogP contribution < -0.4 is 9.62 Å². The van der Waals surface area contributed by atoms with E-state index < -0.39 is 45.2 Å². The molecule has 0 bridgehead atoms. The molecule has 206 valence electrons. The van der Waals surface area contributed by atoms with E-state index in [0.29, 0.717) is 0 Å². The zero-order valence-electron chi connectivity index (χ0n) is 21.5. The van der Waals surface area contributed by atoms with Gasteiger partial charge in [-0.1, -0.05) is 54.6 Å². The molecular weight excluding hydrogens is 527 g/mol. The highest BCUT2D eigenvalue weighted by molar-refractivity contribution is 7.92. The average molecular weight is 557 g/mol. The Morgan fingerprint density at radius 1 is 1.03 bits per heavy atom. The Balaban J connectivity index is 2.07. The van der Waals surface area contributed by atoms with Gasteiger partial charge in [-0.25, -0.2) is 12.8 Å². The molecule has 0 aliphatic rings. The maximum Gasteiger partial charge on any atom is 0.271 e. The van der Waals surface area contributed by atoms with E-state index >= 15 is 0 Å². The van der Waals surface area contributed by atoms with Crippen molar-refractivity contribution in [1.82, 2.24) is 10.2 Å². The van der Waals surface area contributed by atoms with Crippen molar-refractivity contribution in [3.05, 3.63) is 106 Å². The molecule has 39 heavy (non-hydrogen) atoms. The summed E-state index contributed by atoms with van der Waals surface area (Å²) in [5.74, 6) is -1.88. The number of halogens is 1. The lowest BCUT2D eigenvalue weighted by Gasteiger charge is -2.33. The number of nitro benzene ring substituents is 1. The van der Waals surface area contributed by atoms with Crippen LogP contribution in [0.15, 0.2) is 78.9 Å². The molecular formula is C27H29FN4O6S. The molecule has 0 unspecified atom stereocenters. The Kier molecular flexibility index (Phi) is 9.72. The molecule has 0 spiro atoms. The van der Waals surface area contributed by atoms with Gasteiger partial charge in [-0.2, -0.15) is 0 Å². The third kappa shape index (κ3) is 7.84. The second kappa shape index (κ2) is 13.0. The van der Waals surface area contributed by atoms with Crippen LogP contribution in [-0.4, -0.2) is 55.4 Å². The first-order valence-electron chi connectivity index (χ1n) is 12.1. The SMILES string of the molecule is CCNC(=O)[C@H](Cc1ccccc1)N(Cc1ccccc1F)C(=O)CN(c1cccc([N+](=O)[O-])c1)S(C)(=O)=O. The molecule has 0 fully saturated rings. The van der Waals surface area contributed by atoms with Crippen molar-refractivity contribution in [2.75, 3.05) is 23.7 Å². The summed E-state index contributed by atoms with van der Waals surface area (Å²) in [6.45, 7) is 0.912. The first-order valence-corrected chi connectivity index (χ1v) is 13.9. The lowest BCUT2D eigenvalue weighted by atomic mass is 10.0. The van der Waals surface area contributed by atoms with E-state index in [9.17, 15) is 32.5 Å². The highest BCUT2D eigenvalue weighted by atomic mass is 32.2. The molecule has 12 heteroatoms. The van der Waals surface area contributed by atoms with E-state index in [1.54, 1.807) is 43.3 Å². The number of benzene rings is 3. The van der Waals surface area contributed by atoms with Gasteiger partial charge in [0.05, 0.1) is 16.9 Å². The largest absolute Gasteiger partial charge is 0.355 e. The number of carbonyl (C=O) groups excluding carboxylic acids is 2. The minimum absolute atomic E-state index is 0.0859. The summed E-state index contributed by atoms with van der Waals surface area (Å²) in [7, 11) is -4.10. The van der Waals surface area contributed by atoms with E-state index in [2.05, 4.69) is 5.32 Å². The second-order valence-corrected chi connectivity index (χ2v) is 10.7. The number of carbonyl (C=O) groups is 2. The molecule has 0 radical (unpaired) electrons. The fourth-order valence-electron chi connectivity index (χ4n) is 4.03. The Hall–Kier alpha value is -4.32. The van der Waals surface area contributed by atoms with Crippen LogP contribution in [0, 0.1) is 15.9 Å². The van der Waals surface area contributed by atoms with Crippen LogP contribution in [0.3, 0.4) is 0 Å². The van der Waals surface area contributed by atoms with Crippen LogP contribution in [0.25, 0.3) is 0 Å². The molecule has 1 atom stereocenters. The van der Waals surface area contributed by atoms with Gasteiger partial charge < -0.3 is 10.2 Å². The highest BCUT2D eigenvalue weighted by Crippen LogP contribution is 2.24. The van der Waals surface area contributed by atoms with Gasteiger partial charge in [0.1, 0.15) is 18.4 Å². The van der Waals surface area contributed by atoms with Gasteiger partial charge in [0.25, 0.3) is 5.69 Å². The maximum atomic E-state index is 14.7. The average Bonchev–Trinajstić information content (AvgIpc) is 2.90. The number of anilines is 1. The maximum absolute atomic E-state index is 14.7. The minimum atomic E-state index is -4.10. The topological polar surface area (TPSA) is 130 Å². The predicted molar refractivity (Wildman–Crippen MR) is 145 cm³/mol. The highest BCUT2D eigenvalue weighted by Gasteiger charge is 2.33. The van der Waals surface area contributed by atoms with Gasteiger partial charge >= 0.3 is 0 Å². The monoisotopic (exact) mass is 556 g/mol. The molecule has 2 amide bonds. The summed E-state index contributed by atoms with van der Waals surface area (Å²) < 4.78 is 40.9. The first-order chi connectivity index (χ1) is 18.5. The van der Waals surface area contributed by atoms with Crippen LogP contribution >= 0.6 is 0 Å². The molecule has 0 saturated carbocycles. The van der Waals surface area contributed by atoms with E-state index in [4.69, 9.17) is 0 Å². The fourth-order valence-corrected chi connectivity index (χ4v) is 4.87. The third-order valence-electron chi connectivity index (χ3n) is 5.93. The molecule has 0 heterocycles. The molecule has 10 nitrogen and oxygen atoms in total. The van der Waals surface area contributed by atoms with Crippen molar-refractivity contribution < 1.29 is 27.3 Å². The number of sulfonamides is 1. The van der Waals surface area contributed by atoms with Crippen molar-refractivity contribution in [3.8, 4) is 0 Å². The Morgan fingerprint density at radius 2 is 1.69 bits per heavy atom. The summed E-state index contributed by atoms with van der Waals surface area (Å²) in [6, 6.07) is 18.5. The number of amides is 2. The molecule has 1 N–H and O–H groups in total. The minimum Gasteiger partial charge on any atom is -0.355 e. The molecule has 3 rings (SSSR count). The van der Waals surface area contributed by atoms with Gasteiger partial charge in [-0.3, -0.25) is 24.0 Å². The van der Waals surface area contributed by atoms with E-state index in [-0.39, 0.29) is 36.4 Å². The number of likely N-dealkylation sites (N-methyl/N-ethyl adjacent to an activating group) is 1. The van der Waals surface area contributed by atoms with Gasteiger partial charge in [0.15, 0.2) is 0 Å². The molecule has 3 aromatic rings. The quantitative estimate of drug-likeness (QED) is 0.269. The van der Waals surface area contributed by atoms with Crippen molar-refractivity contribution in [2.24, 2.45) is 0 Å². The first kappa shape index (κ1) is 29.2. The summed E-state index contributed by atoms with van der Waals surface area (Å²) in [5.41, 5.74) is 0.415. The summed E-state index contributed by atoms with van der Waals surface area (Å²) in [6.07, 6.45) is 0.952. The van der Waals surface area contributed by atoms with Crippen LogP contribution in [0.1, 0.15) is 18.1 Å². The number of hydrogen-bond donors (Lipinski definition) is 1. The normalized spacial score (nSPS) is 11.9. The standard InChI is InChI=1S/C27H29FN4O6S/c1-3-29-27(34)25(16-20-10-5-4-6-11-20)30(18-21-12-7-8-15-24(21)28)26(33)19-31(39(2,37)38)22-13-9-14-23(17-22)32(35)36/h4-15,17,25H,3,16,18-19H2,1-2H3,(H,29,34)/t25-/m0/s1. The number of hydrogen-bond acceptors (Lipinski definition) is 6. The van der Waals surface area contributed by atoms with Gasteiger partial charge in [-0.05, 0) is 24.6 Å². The predicted octanol–water partition coefficient (Wildman–Crippen LogP) is 3.28. The number of nitrogens with zero attached hydrogens (tertiary/aromatic N) is 3. The molecule has 0 aliphatic carbocycles. The van der Waals surface area contributed by atoms with Crippen LogP contribution in [-0.2, 0) is 32.6 Å². The van der Waals surface area contributed by atoms with Crippen molar-refractivity contribution in [3.63, 3.8) is 0 Å². The van der Waals surface area contributed by atoms with Gasteiger partial charge in [0, 0.05) is 37.2 Å². The van der Waals surface area contributed by atoms with E-state index in [0.717, 1.165) is 27.1 Å². The number of nitro groups is 1.